The maximum absolute atomic E-state index is 13.9. The molecule has 6 nitrogen and oxygen atoms in total. The molecule has 1 fully saturated rings. The van der Waals surface area contributed by atoms with Gasteiger partial charge in [-0.1, -0.05) is 71.9 Å². The van der Waals surface area contributed by atoms with Crippen molar-refractivity contribution in [3.05, 3.63) is 94.5 Å². The van der Waals surface area contributed by atoms with Crippen molar-refractivity contribution >= 4 is 46.9 Å². The molecule has 5 rings (SSSR count). The van der Waals surface area contributed by atoms with Crippen LogP contribution in [0.2, 0.25) is 5.02 Å². The second-order valence-corrected chi connectivity index (χ2v) is 11.2. The van der Waals surface area contributed by atoms with E-state index in [2.05, 4.69) is 0 Å². The van der Waals surface area contributed by atoms with Gasteiger partial charge in [0.15, 0.2) is 18.2 Å². The molecule has 0 N–H and O–H groups in total. The molecule has 3 aromatic carbocycles. The largest absolute Gasteiger partial charge is 0.465 e. The highest BCUT2D eigenvalue weighted by Gasteiger charge is 2.48. The van der Waals surface area contributed by atoms with Crippen molar-refractivity contribution < 1.29 is 28.7 Å². The average molecular weight is 563 g/mol. The van der Waals surface area contributed by atoms with E-state index < -0.39 is 35.6 Å². The van der Waals surface area contributed by atoms with Gasteiger partial charge in [-0.2, -0.15) is 0 Å². The number of carbonyl (C=O) groups is 4. The van der Waals surface area contributed by atoms with Crippen LogP contribution in [0, 0.1) is 17.8 Å². The Bertz CT molecular complexity index is 1420. The van der Waals surface area contributed by atoms with E-state index >= 15 is 0 Å². The number of Topliss-reactive ketones (excluding diaryl/α,β-unsaturated/α-hetero) is 2. The predicted molar refractivity (Wildman–Crippen MR) is 147 cm³/mol. The van der Waals surface area contributed by atoms with Crippen molar-refractivity contribution in [2.45, 2.75) is 35.5 Å². The number of esters is 2. The summed E-state index contributed by atoms with van der Waals surface area (Å²) in [6, 6.07) is 21.9. The van der Waals surface area contributed by atoms with Gasteiger partial charge >= 0.3 is 11.9 Å². The Hall–Kier alpha value is -3.42. The van der Waals surface area contributed by atoms with Gasteiger partial charge in [0, 0.05) is 32.2 Å². The van der Waals surface area contributed by atoms with Crippen molar-refractivity contribution in [2.24, 2.45) is 17.8 Å². The number of hydrogen-bond donors (Lipinski definition) is 0. The monoisotopic (exact) mass is 562 g/mol. The molecule has 0 spiro atoms. The zero-order chi connectivity index (χ0) is 27.5. The molecular formula is C31H27ClO6S. The van der Waals surface area contributed by atoms with E-state index in [4.69, 9.17) is 21.1 Å². The first kappa shape index (κ1) is 27.2. The summed E-state index contributed by atoms with van der Waals surface area (Å²) in [6.07, 6.45) is 0.525. The molecule has 0 bridgehead atoms. The third kappa shape index (κ3) is 5.65. The molecule has 200 valence electrons. The van der Waals surface area contributed by atoms with Gasteiger partial charge in [0.1, 0.15) is 5.92 Å². The van der Waals surface area contributed by atoms with Crippen LogP contribution in [0.25, 0.3) is 0 Å². The van der Waals surface area contributed by atoms with Crippen LogP contribution >= 0.6 is 23.4 Å². The van der Waals surface area contributed by atoms with E-state index in [0.29, 0.717) is 10.6 Å². The highest BCUT2D eigenvalue weighted by atomic mass is 35.5. The normalized spacial score (nSPS) is 20.0. The van der Waals surface area contributed by atoms with Crippen molar-refractivity contribution in [2.75, 3.05) is 13.2 Å². The summed E-state index contributed by atoms with van der Waals surface area (Å²) in [5.41, 5.74) is 2.15. The highest BCUT2D eigenvalue weighted by Crippen LogP contribution is 2.51. The molecule has 1 saturated carbocycles. The van der Waals surface area contributed by atoms with Crippen LogP contribution in [0.1, 0.15) is 47.2 Å². The Morgan fingerprint density at radius 3 is 2.31 bits per heavy atom. The Morgan fingerprint density at radius 1 is 0.872 bits per heavy atom. The zero-order valence-electron chi connectivity index (χ0n) is 21.3. The summed E-state index contributed by atoms with van der Waals surface area (Å²) >= 11 is 7.93. The summed E-state index contributed by atoms with van der Waals surface area (Å²) in [5, 5.41) is 0.519. The van der Waals surface area contributed by atoms with Gasteiger partial charge < -0.3 is 9.47 Å². The fraction of sp³-hybridized carbons (Fsp3) is 0.290. The third-order valence-electron chi connectivity index (χ3n) is 7.28. The molecule has 2 unspecified atom stereocenters. The molecule has 1 heterocycles. The Kier molecular flexibility index (Phi) is 8.19. The quantitative estimate of drug-likeness (QED) is 0.176. The standard InChI is InChI=1S/C31H27ClO6S/c1-2-37-31(36)28(27-22-10-6-7-11-25(22)39-26-13-12-21(32)16-23(26)27)29(34)19-14-20(15-19)30(35)38-17-24(33)18-8-4-3-5-9-18/h3-13,16,19-20,27-28H,2,14-15,17H2,1H3. The maximum atomic E-state index is 13.9. The lowest BCUT2D eigenvalue weighted by molar-refractivity contribution is -0.157. The molecule has 1 aliphatic carbocycles. The molecule has 0 radical (unpaired) electrons. The third-order valence-corrected chi connectivity index (χ3v) is 8.69. The van der Waals surface area contributed by atoms with E-state index in [-0.39, 0.29) is 37.6 Å². The van der Waals surface area contributed by atoms with Crippen LogP contribution in [-0.2, 0) is 23.9 Å². The predicted octanol–water partition coefficient (Wildman–Crippen LogP) is 6.14. The first-order chi connectivity index (χ1) is 18.9. The van der Waals surface area contributed by atoms with Crippen LogP contribution < -0.4 is 0 Å². The van der Waals surface area contributed by atoms with Crippen molar-refractivity contribution in [1.82, 2.24) is 0 Å². The molecule has 2 atom stereocenters. The molecule has 2 aliphatic rings. The van der Waals surface area contributed by atoms with Crippen LogP contribution in [0.5, 0.6) is 0 Å². The molecule has 8 heteroatoms. The van der Waals surface area contributed by atoms with Gasteiger partial charge in [0.05, 0.1) is 12.5 Å². The first-order valence-electron chi connectivity index (χ1n) is 12.9. The summed E-state index contributed by atoms with van der Waals surface area (Å²) in [4.78, 5) is 54.1. The molecule has 0 aromatic heterocycles. The molecule has 3 aromatic rings. The number of fused-ring (bicyclic) bond motifs is 2. The molecule has 1 aliphatic heterocycles. The zero-order valence-corrected chi connectivity index (χ0v) is 22.9. The number of ketones is 2. The van der Waals surface area contributed by atoms with E-state index in [9.17, 15) is 19.2 Å². The smallest absolute Gasteiger partial charge is 0.317 e. The van der Waals surface area contributed by atoms with Crippen molar-refractivity contribution in [1.29, 1.82) is 0 Å². The van der Waals surface area contributed by atoms with Crippen LogP contribution in [0.3, 0.4) is 0 Å². The maximum Gasteiger partial charge on any atom is 0.317 e. The Labute approximate surface area is 236 Å². The van der Waals surface area contributed by atoms with Gasteiger partial charge in [0.2, 0.25) is 0 Å². The van der Waals surface area contributed by atoms with Crippen LogP contribution in [0.15, 0.2) is 82.6 Å². The number of hydrogen-bond acceptors (Lipinski definition) is 7. The number of halogens is 1. The number of carbonyl (C=O) groups excluding carboxylic acids is 4. The summed E-state index contributed by atoms with van der Waals surface area (Å²) in [5.74, 6) is -4.26. The van der Waals surface area contributed by atoms with Crippen LogP contribution in [-0.4, -0.2) is 36.7 Å². The van der Waals surface area contributed by atoms with Crippen molar-refractivity contribution in [3.63, 3.8) is 0 Å². The molecular weight excluding hydrogens is 536 g/mol. The molecule has 0 amide bonds. The number of rotatable bonds is 9. The van der Waals surface area contributed by atoms with Gasteiger partial charge in [-0.05, 0) is 55.2 Å². The minimum absolute atomic E-state index is 0.142. The Balaban J connectivity index is 1.33. The SMILES string of the molecule is CCOC(=O)C(C(=O)C1CC(C(=O)OCC(=O)c2ccccc2)C1)C1c2ccccc2Sc2ccc(Cl)cc21. The van der Waals surface area contributed by atoms with Gasteiger partial charge in [-0.15, -0.1) is 0 Å². The van der Waals surface area contributed by atoms with E-state index in [0.717, 1.165) is 20.9 Å². The number of ether oxygens (including phenoxy) is 2. The van der Waals surface area contributed by atoms with Crippen molar-refractivity contribution in [3.8, 4) is 0 Å². The van der Waals surface area contributed by atoms with E-state index in [1.807, 2.05) is 36.4 Å². The average Bonchev–Trinajstić information content (AvgIpc) is 2.91. The van der Waals surface area contributed by atoms with Gasteiger partial charge in [0.25, 0.3) is 0 Å². The summed E-state index contributed by atoms with van der Waals surface area (Å²) in [6.45, 7) is 1.50. The van der Waals surface area contributed by atoms with Gasteiger partial charge in [-0.25, -0.2) is 0 Å². The lowest BCUT2D eigenvalue weighted by Crippen LogP contribution is -2.44. The second kappa shape index (κ2) is 11.8. The van der Waals surface area contributed by atoms with E-state index in [1.165, 1.54) is 0 Å². The summed E-state index contributed by atoms with van der Waals surface area (Å²) in [7, 11) is 0. The van der Waals surface area contributed by atoms with Crippen LogP contribution in [0.4, 0.5) is 0 Å². The first-order valence-corrected chi connectivity index (χ1v) is 14.1. The topological polar surface area (TPSA) is 86.7 Å². The Morgan fingerprint density at radius 2 is 1.56 bits per heavy atom. The molecule has 0 saturated heterocycles. The fourth-order valence-corrected chi connectivity index (χ4v) is 6.55. The fourth-order valence-electron chi connectivity index (χ4n) is 5.24. The van der Waals surface area contributed by atoms with E-state index in [1.54, 1.807) is 55.1 Å². The molecule has 39 heavy (non-hydrogen) atoms. The minimum Gasteiger partial charge on any atom is -0.465 e. The number of benzene rings is 3. The lowest BCUT2D eigenvalue weighted by Gasteiger charge is -2.38. The minimum atomic E-state index is -1.08. The lowest BCUT2D eigenvalue weighted by atomic mass is 9.66. The summed E-state index contributed by atoms with van der Waals surface area (Å²) < 4.78 is 10.7. The van der Waals surface area contributed by atoms with Gasteiger partial charge in [-0.3, -0.25) is 19.2 Å². The highest BCUT2D eigenvalue weighted by molar-refractivity contribution is 7.99. The second-order valence-electron chi connectivity index (χ2n) is 9.69.